The van der Waals surface area contributed by atoms with Gasteiger partial charge in [-0.3, -0.25) is 14.5 Å². The maximum absolute atomic E-state index is 12.2. The van der Waals surface area contributed by atoms with Crippen molar-refractivity contribution in [2.24, 2.45) is 0 Å². The largest absolute Gasteiger partial charge is 0.485 e. The predicted octanol–water partition coefficient (Wildman–Crippen LogP) is 2.52. The van der Waals surface area contributed by atoms with Crippen LogP contribution in [0.25, 0.3) is 0 Å². The molecule has 2 heterocycles. The third-order valence-corrected chi connectivity index (χ3v) is 5.32. The molecular weight excluding hydrogens is 344 g/mol. The van der Waals surface area contributed by atoms with Gasteiger partial charge in [-0.25, -0.2) is 0 Å². The molecule has 0 saturated carbocycles. The van der Waals surface area contributed by atoms with E-state index in [0.717, 1.165) is 42.8 Å². The van der Waals surface area contributed by atoms with Crippen molar-refractivity contribution in [2.45, 2.75) is 58.8 Å². The molecule has 2 aliphatic heterocycles. The summed E-state index contributed by atoms with van der Waals surface area (Å²) in [6.07, 6.45) is 1.46. The van der Waals surface area contributed by atoms with Gasteiger partial charge < -0.3 is 14.4 Å². The van der Waals surface area contributed by atoms with Crippen LogP contribution in [-0.2, 0) is 20.9 Å². The quantitative estimate of drug-likeness (QED) is 0.761. The highest BCUT2D eigenvalue weighted by Crippen LogP contribution is 2.36. The zero-order valence-corrected chi connectivity index (χ0v) is 16.8. The molecule has 3 rings (SSSR count). The Balaban J connectivity index is 1.72. The lowest BCUT2D eigenvalue weighted by molar-refractivity contribution is -0.149. The second kappa shape index (κ2) is 7.89. The number of ether oxygens (including phenoxy) is 2. The average molecular weight is 374 g/mol. The summed E-state index contributed by atoms with van der Waals surface area (Å²) >= 11 is 0. The second-order valence-corrected chi connectivity index (χ2v) is 8.09. The fourth-order valence-electron chi connectivity index (χ4n) is 3.89. The number of benzene rings is 1. The highest BCUT2D eigenvalue weighted by Gasteiger charge is 2.41. The Bertz CT molecular complexity index is 708. The molecule has 6 heteroatoms. The van der Waals surface area contributed by atoms with Crippen LogP contribution in [0.5, 0.6) is 5.75 Å². The average Bonchev–Trinajstić information content (AvgIpc) is 2.73. The minimum atomic E-state index is -0.398. The number of carbonyl (C=O) groups excluding carboxylic acids is 2. The lowest BCUT2D eigenvalue weighted by Gasteiger charge is -2.42. The number of rotatable bonds is 3. The van der Waals surface area contributed by atoms with Crippen molar-refractivity contribution in [3.05, 3.63) is 29.3 Å². The van der Waals surface area contributed by atoms with E-state index >= 15 is 0 Å². The Morgan fingerprint density at radius 3 is 2.59 bits per heavy atom. The number of piperidine rings is 1. The third kappa shape index (κ3) is 4.80. The summed E-state index contributed by atoms with van der Waals surface area (Å²) in [5.74, 6) is 0.751. The van der Waals surface area contributed by atoms with Crippen molar-refractivity contribution in [3.8, 4) is 5.75 Å². The van der Waals surface area contributed by atoms with E-state index in [1.807, 2.05) is 37.8 Å². The fourth-order valence-corrected chi connectivity index (χ4v) is 3.89. The van der Waals surface area contributed by atoms with E-state index in [-0.39, 0.29) is 18.0 Å². The van der Waals surface area contributed by atoms with Crippen LogP contribution in [0, 0.1) is 6.92 Å². The van der Waals surface area contributed by atoms with E-state index < -0.39 is 5.60 Å². The number of hydrogen-bond acceptors (Lipinski definition) is 5. The highest BCUT2D eigenvalue weighted by molar-refractivity contribution is 5.73. The summed E-state index contributed by atoms with van der Waals surface area (Å²) in [5, 5.41) is 0. The molecule has 0 aliphatic carbocycles. The number of esters is 1. The summed E-state index contributed by atoms with van der Waals surface area (Å²) in [6, 6.07) is 6.16. The number of aryl methyl sites for hydroxylation is 1. The fraction of sp³-hybridized carbons (Fsp3) is 0.619. The van der Waals surface area contributed by atoms with E-state index in [1.165, 1.54) is 0 Å². The summed E-state index contributed by atoms with van der Waals surface area (Å²) in [5.41, 5.74) is 1.82. The van der Waals surface area contributed by atoms with Gasteiger partial charge in [-0.05, 0) is 26.8 Å². The van der Waals surface area contributed by atoms with E-state index in [1.54, 1.807) is 6.92 Å². The zero-order valence-electron chi connectivity index (χ0n) is 16.8. The van der Waals surface area contributed by atoms with Gasteiger partial charge in [0.2, 0.25) is 5.91 Å². The van der Waals surface area contributed by atoms with Crippen LogP contribution in [0.3, 0.4) is 0 Å². The van der Waals surface area contributed by atoms with Crippen LogP contribution in [0.15, 0.2) is 18.2 Å². The smallest absolute Gasteiger partial charge is 0.320 e. The number of likely N-dealkylation sites (tertiary alicyclic amines) is 1. The van der Waals surface area contributed by atoms with Gasteiger partial charge in [0, 0.05) is 45.0 Å². The molecule has 0 bridgehead atoms. The predicted molar refractivity (Wildman–Crippen MR) is 103 cm³/mol. The minimum absolute atomic E-state index is 0.0651. The van der Waals surface area contributed by atoms with Crippen molar-refractivity contribution < 1.29 is 19.1 Å². The Labute approximate surface area is 161 Å². The zero-order chi connectivity index (χ0) is 19.6. The molecule has 0 atom stereocenters. The number of hydrogen-bond donors (Lipinski definition) is 0. The maximum Gasteiger partial charge on any atom is 0.320 e. The summed E-state index contributed by atoms with van der Waals surface area (Å²) < 4.78 is 11.8. The molecule has 6 nitrogen and oxygen atoms in total. The van der Waals surface area contributed by atoms with Crippen molar-refractivity contribution in [1.29, 1.82) is 0 Å². The van der Waals surface area contributed by atoms with Crippen molar-refractivity contribution in [2.75, 3.05) is 26.2 Å². The van der Waals surface area contributed by atoms with Crippen LogP contribution in [-0.4, -0.2) is 59.6 Å². The van der Waals surface area contributed by atoms with Gasteiger partial charge in [-0.2, -0.15) is 0 Å². The van der Waals surface area contributed by atoms with E-state index in [0.29, 0.717) is 19.6 Å². The van der Waals surface area contributed by atoms with E-state index in [9.17, 15) is 9.59 Å². The van der Waals surface area contributed by atoms with E-state index in [2.05, 4.69) is 11.0 Å². The second-order valence-electron chi connectivity index (χ2n) is 8.09. The molecule has 0 aromatic heterocycles. The SMILES string of the molecule is CC(=O)N1Cc2cc(C)ccc2OC2(CCN(CC(=O)OC(C)C)CC2)C1. The lowest BCUT2D eigenvalue weighted by atomic mass is 9.90. The van der Waals surface area contributed by atoms with Crippen LogP contribution in [0.2, 0.25) is 0 Å². The van der Waals surface area contributed by atoms with Gasteiger partial charge in [0.25, 0.3) is 0 Å². The van der Waals surface area contributed by atoms with Crippen molar-refractivity contribution in [1.82, 2.24) is 9.80 Å². The molecule has 148 valence electrons. The van der Waals surface area contributed by atoms with Gasteiger partial charge in [0.05, 0.1) is 19.2 Å². The monoisotopic (exact) mass is 374 g/mol. The van der Waals surface area contributed by atoms with Crippen molar-refractivity contribution in [3.63, 3.8) is 0 Å². The molecule has 27 heavy (non-hydrogen) atoms. The molecule has 0 unspecified atom stereocenters. The van der Waals surface area contributed by atoms with Crippen LogP contribution < -0.4 is 4.74 Å². The van der Waals surface area contributed by atoms with Gasteiger partial charge in [0.15, 0.2) is 0 Å². The van der Waals surface area contributed by atoms with Gasteiger partial charge in [0.1, 0.15) is 11.4 Å². The van der Waals surface area contributed by atoms with Gasteiger partial charge >= 0.3 is 5.97 Å². The molecule has 1 fully saturated rings. The van der Waals surface area contributed by atoms with Crippen LogP contribution in [0.4, 0.5) is 0 Å². The Hall–Kier alpha value is -2.08. The van der Waals surface area contributed by atoms with Gasteiger partial charge in [-0.1, -0.05) is 17.7 Å². The molecular formula is C21H30N2O4. The lowest BCUT2D eigenvalue weighted by Crippen LogP contribution is -2.54. The first-order valence-electron chi connectivity index (χ1n) is 9.72. The standard InChI is InChI=1S/C21H30N2O4/c1-15(2)26-20(25)13-22-9-7-21(8-10-22)14-23(17(4)24)12-18-11-16(3)5-6-19(18)27-21/h5-6,11,15H,7-10,12-14H2,1-4H3. The molecule has 1 amide bonds. The van der Waals surface area contributed by atoms with Crippen molar-refractivity contribution >= 4 is 11.9 Å². The topological polar surface area (TPSA) is 59.1 Å². The Morgan fingerprint density at radius 2 is 1.96 bits per heavy atom. The summed E-state index contributed by atoms with van der Waals surface area (Å²) in [4.78, 5) is 28.1. The first kappa shape index (κ1) is 19.7. The number of carbonyl (C=O) groups is 2. The molecule has 0 N–H and O–H groups in total. The molecule has 1 aromatic rings. The molecule has 1 spiro atoms. The number of amides is 1. The van der Waals surface area contributed by atoms with E-state index in [4.69, 9.17) is 9.47 Å². The first-order chi connectivity index (χ1) is 12.8. The van der Waals surface area contributed by atoms with Gasteiger partial charge in [-0.15, -0.1) is 0 Å². The van der Waals surface area contributed by atoms with Crippen LogP contribution >= 0.6 is 0 Å². The summed E-state index contributed by atoms with van der Waals surface area (Å²) in [7, 11) is 0. The first-order valence-corrected chi connectivity index (χ1v) is 9.72. The molecule has 1 saturated heterocycles. The number of nitrogens with zero attached hydrogens (tertiary/aromatic N) is 2. The maximum atomic E-state index is 12.2. The van der Waals surface area contributed by atoms with Crippen LogP contribution in [0.1, 0.15) is 44.7 Å². The molecule has 0 radical (unpaired) electrons. The Kier molecular flexibility index (Phi) is 5.75. The summed E-state index contributed by atoms with van der Waals surface area (Å²) in [6.45, 7) is 10.4. The minimum Gasteiger partial charge on any atom is -0.485 e. The molecule has 1 aromatic carbocycles. The molecule has 2 aliphatic rings. The number of fused-ring (bicyclic) bond motifs is 1. The Morgan fingerprint density at radius 1 is 1.26 bits per heavy atom. The normalized spacial score (nSPS) is 19.4. The highest BCUT2D eigenvalue weighted by atomic mass is 16.5. The third-order valence-electron chi connectivity index (χ3n) is 5.32.